The highest BCUT2D eigenvalue weighted by Gasteiger charge is 2.18. The average Bonchev–Trinajstić information content (AvgIpc) is 3.29. The van der Waals surface area contributed by atoms with Gasteiger partial charge in [-0.15, -0.1) is 0 Å². The van der Waals surface area contributed by atoms with Gasteiger partial charge in [-0.3, -0.25) is 19.1 Å². The zero-order chi connectivity index (χ0) is 26.5. The summed E-state index contributed by atoms with van der Waals surface area (Å²) < 4.78 is 1.62. The van der Waals surface area contributed by atoms with Gasteiger partial charge in [-0.2, -0.15) is 5.10 Å². The van der Waals surface area contributed by atoms with Crippen molar-refractivity contribution >= 4 is 28.6 Å². The first-order chi connectivity index (χ1) is 17.8. The Bertz CT molecular complexity index is 1440. The number of aliphatic hydroxyl groups is 1. The molecule has 0 unspecified atom stereocenters. The second-order valence-electron chi connectivity index (χ2n) is 8.76. The maximum Gasteiger partial charge on any atom is 0.272 e. The maximum atomic E-state index is 13.1. The molecule has 37 heavy (non-hydrogen) atoms. The van der Waals surface area contributed by atoms with Crippen LogP contribution in [0.3, 0.4) is 0 Å². The van der Waals surface area contributed by atoms with Crippen LogP contribution in [0.15, 0.2) is 66.7 Å². The molecule has 3 N–H and O–H groups in total. The first-order valence-electron chi connectivity index (χ1n) is 11.8. The predicted molar refractivity (Wildman–Crippen MR) is 141 cm³/mol. The number of benzene rings is 3. The molecule has 0 radical (unpaired) electrons. The van der Waals surface area contributed by atoms with E-state index in [4.69, 9.17) is 0 Å². The van der Waals surface area contributed by atoms with E-state index in [1.54, 1.807) is 62.2 Å². The van der Waals surface area contributed by atoms with Gasteiger partial charge in [0.2, 0.25) is 0 Å². The lowest BCUT2D eigenvalue weighted by atomic mass is 10.0. The van der Waals surface area contributed by atoms with Crippen LogP contribution in [0.25, 0.3) is 22.0 Å². The molecule has 4 aromatic rings. The monoisotopic (exact) mass is 499 g/mol. The van der Waals surface area contributed by atoms with Crippen LogP contribution in [0, 0.1) is 0 Å². The van der Waals surface area contributed by atoms with E-state index in [0.29, 0.717) is 16.5 Å². The van der Waals surface area contributed by atoms with E-state index in [1.807, 2.05) is 30.3 Å². The summed E-state index contributed by atoms with van der Waals surface area (Å²) in [6.45, 7) is 0.409. The Labute approximate surface area is 214 Å². The van der Waals surface area contributed by atoms with Gasteiger partial charge in [0.05, 0.1) is 18.7 Å². The molecule has 4 rings (SSSR count). The normalized spacial score (nSPS) is 10.8. The number of carbonyl (C=O) groups excluding carboxylic acids is 3. The molecule has 9 heteroatoms. The first-order valence-corrected chi connectivity index (χ1v) is 11.8. The van der Waals surface area contributed by atoms with Crippen molar-refractivity contribution in [3.8, 4) is 11.1 Å². The molecule has 3 amide bonds. The summed E-state index contributed by atoms with van der Waals surface area (Å²) in [6, 6.07) is 20.0. The van der Waals surface area contributed by atoms with Crippen molar-refractivity contribution in [3.05, 3.63) is 89.1 Å². The summed E-state index contributed by atoms with van der Waals surface area (Å²) in [7, 11) is 4.99. The van der Waals surface area contributed by atoms with Crippen LogP contribution < -0.4 is 10.6 Å². The summed E-state index contributed by atoms with van der Waals surface area (Å²) in [5.74, 6) is -0.595. The lowest BCUT2D eigenvalue weighted by molar-refractivity contribution is 0.0827. The Kier molecular flexibility index (Phi) is 7.64. The van der Waals surface area contributed by atoms with E-state index in [2.05, 4.69) is 15.7 Å². The van der Waals surface area contributed by atoms with Crippen LogP contribution in [0.5, 0.6) is 0 Å². The van der Waals surface area contributed by atoms with Gasteiger partial charge in [-0.1, -0.05) is 30.3 Å². The van der Waals surface area contributed by atoms with Gasteiger partial charge < -0.3 is 20.6 Å². The standard InChI is InChI=1S/C28H29N5O4/c1-29-26(35)20-6-4-18(5-7-20)17-30-27(36)25-23-16-22(12-13-24(23)33(31-25)14-15-34)19-8-10-21(11-9-19)28(37)32(2)3/h4-13,16,34H,14-15,17H2,1-3H3,(H,29,35)(H,30,36). The van der Waals surface area contributed by atoms with Gasteiger partial charge in [0.1, 0.15) is 0 Å². The fourth-order valence-electron chi connectivity index (χ4n) is 4.04. The molecule has 1 aromatic heterocycles. The van der Waals surface area contributed by atoms with E-state index in [0.717, 1.165) is 22.2 Å². The highest BCUT2D eigenvalue weighted by atomic mass is 16.3. The van der Waals surface area contributed by atoms with Gasteiger partial charge in [0, 0.05) is 44.2 Å². The van der Waals surface area contributed by atoms with Crippen LogP contribution >= 0.6 is 0 Å². The fourth-order valence-corrected chi connectivity index (χ4v) is 4.04. The third kappa shape index (κ3) is 5.52. The first kappa shape index (κ1) is 25.6. The molecule has 3 aromatic carbocycles. The minimum Gasteiger partial charge on any atom is -0.394 e. The smallest absolute Gasteiger partial charge is 0.272 e. The van der Waals surface area contributed by atoms with E-state index < -0.39 is 0 Å². The molecule has 190 valence electrons. The maximum absolute atomic E-state index is 13.1. The van der Waals surface area contributed by atoms with Crippen molar-refractivity contribution in [1.82, 2.24) is 25.3 Å². The number of nitrogens with zero attached hydrogens (tertiary/aromatic N) is 3. The van der Waals surface area contributed by atoms with E-state index >= 15 is 0 Å². The third-order valence-electron chi connectivity index (χ3n) is 6.04. The largest absolute Gasteiger partial charge is 0.394 e. The van der Waals surface area contributed by atoms with Crippen molar-refractivity contribution in [2.24, 2.45) is 0 Å². The molecule has 1 heterocycles. The zero-order valence-corrected chi connectivity index (χ0v) is 21.0. The van der Waals surface area contributed by atoms with Crippen molar-refractivity contribution in [2.75, 3.05) is 27.7 Å². The molecule has 0 spiro atoms. The van der Waals surface area contributed by atoms with E-state index in [9.17, 15) is 19.5 Å². The van der Waals surface area contributed by atoms with Crippen LogP contribution in [0.1, 0.15) is 36.8 Å². The number of carbonyl (C=O) groups is 3. The number of aliphatic hydroxyl groups excluding tert-OH is 1. The predicted octanol–water partition coefficient (Wildman–Crippen LogP) is 2.69. The van der Waals surface area contributed by atoms with Crippen LogP contribution in [0.4, 0.5) is 0 Å². The SMILES string of the molecule is CNC(=O)c1ccc(CNC(=O)c2nn(CCO)c3ccc(-c4ccc(C(=O)N(C)C)cc4)cc23)cc1. The zero-order valence-electron chi connectivity index (χ0n) is 21.0. The minimum absolute atomic E-state index is 0.0745. The topological polar surface area (TPSA) is 117 Å². The summed E-state index contributed by atoms with van der Waals surface area (Å²) in [4.78, 5) is 38.6. The molecule has 0 saturated heterocycles. The molecule has 0 aliphatic rings. The summed E-state index contributed by atoms with van der Waals surface area (Å²) in [6.07, 6.45) is 0. The summed E-state index contributed by atoms with van der Waals surface area (Å²) in [5.41, 5.74) is 4.73. The number of fused-ring (bicyclic) bond motifs is 1. The Morgan fingerprint density at radius 3 is 2.16 bits per heavy atom. The van der Waals surface area contributed by atoms with E-state index in [-0.39, 0.29) is 43.1 Å². The lowest BCUT2D eigenvalue weighted by Gasteiger charge is -2.11. The van der Waals surface area contributed by atoms with Gasteiger partial charge >= 0.3 is 0 Å². The molecule has 0 bridgehead atoms. The second kappa shape index (κ2) is 11.0. The van der Waals surface area contributed by atoms with Gasteiger partial charge in [0.15, 0.2) is 5.69 Å². The van der Waals surface area contributed by atoms with Gasteiger partial charge in [-0.25, -0.2) is 0 Å². The number of rotatable bonds is 8. The Balaban J connectivity index is 1.60. The summed E-state index contributed by atoms with van der Waals surface area (Å²) in [5, 5.41) is 20.1. The summed E-state index contributed by atoms with van der Waals surface area (Å²) >= 11 is 0. The highest BCUT2D eigenvalue weighted by Crippen LogP contribution is 2.27. The molecule has 0 aliphatic heterocycles. The molecular formula is C28H29N5O4. The van der Waals surface area contributed by atoms with Crippen molar-refractivity contribution in [1.29, 1.82) is 0 Å². The molecule has 0 aliphatic carbocycles. The minimum atomic E-state index is -0.346. The van der Waals surface area contributed by atoms with Gasteiger partial charge in [-0.05, 0) is 53.1 Å². The Morgan fingerprint density at radius 2 is 1.54 bits per heavy atom. The number of amides is 3. The van der Waals surface area contributed by atoms with Crippen molar-refractivity contribution in [2.45, 2.75) is 13.1 Å². The molecule has 9 nitrogen and oxygen atoms in total. The fraction of sp³-hybridized carbons (Fsp3) is 0.214. The second-order valence-corrected chi connectivity index (χ2v) is 8.76. The highest BCUT2D eigenvalue weighted by molar-refractivity contribution is 6.06. The molecule has 0 fully saturated rings. The number of hydrogen-bond acceptors (Lipinski definition) is 5. The Morgan fingerprint density at radius 1 is 0.892 bits per heavy atom. The van der Waals surface area contributed by atoms with Crippen molar-refractivity contribution < 1.29 is 19.5 Å². The average molecular weight is 500 g/mol. The third-order valence-corrected chi connectivity index (χ3v) is 6.04. The number of nitrogens with one attached hydrogen (secondary N) is 2. The van der Waals surface area contributed by atoms with Crippen LogP contribution in [0.2, 0.25) is 0 Å². The van der Waals surface area contributed by atoms with Crippen LogP contribution in [-0.4, -0.2) is 65.3 Å². The number of aromatic nitrogens is 2. The quantitative estimate of drug-likeness (QED) is 0.345. The molecular weight excluding hydrogens is 470 g/mol. The lowest BCUT2D eigenvalue weighted by Crippen LogP contribution is -2.24. The van der Waals surface area contributed by atoms with Crippen LogP contribution in [-0.2, 0) is 13.1 Å². The molecule has 0 atom stereocenters. The van der Waals surface area contributed by atoms with Crippen molar-refractivity contribution in [3.63, 3.8) is 0 Å². The molecule has 0 saturated carbocycles. The Hall–Kier alpha value is -4.50. The van der Waals surface area contributed by atoms with Gasteiger partial charge in [0.25, 0.3) is 17.7 Å². The number of hydrogen-bond donors (Lipinski definition) is 3. The van der Waals surface area contributed by atoms with E-state index in [1.165, 1.54) is 4.90 Å².